The Morgan fingerprint density at radius 3 is 2.17 bits per heavy atom. The second-order valence-corrected chi connectivity index (χ2v) is 7.35. The highest BCUT2D eigenvalue weighted by molar-refractivity contribution is 5.77. The highest BCUT2D eigenvalue weighted by atomic mass is 16.7. The molecule has 0 aromatic heterocycles. The summed E-state index contributed by atoms with van der Waals surface area (Å²) in [6.07, 6.45) is 0.0970. The van der Waals surface area contributed by atoms with E-state index in [-0.39, 0.29) is 18.6 Å². The van der Waals surface area contributed by atoms with Crippen LogP contribution in [0.4, 0.5) is 0 Å². The number of ether oxygens (including phenoxy) is 2. The molecule has 5 heteroatoms. The fourth-order valence-electron chi connectivity index (χ4n) is 3.69. The minimum Gasteiger partial charge on any atom is -0.454 e. The number of aliphatic hydroxyl groups excluding tert-OH is 1. The standard InChI is InChI=1S/C25H25NO4/c27-22(20-11-12-23-24(15-20)30-17-29-23)13-14-26-25(28)16-21(18-7-3-1-4-8-18)19-9-5-2-6-10-19/h1-12,15,21-22,27H,13-14,16-17H2,(H,26,28)/t22-/m0/s1. The van der Waals surface area contributed by atoms with Crippen molar-refractivity contribution in [2.45, 2.75) is 24.9 Å². The summed E-state index contributed by atoms with van der Waals surface area (Å²) in [5.74, 6) is 1.29. The summed E-state index contributed by atoms with van der Waals surface area (Å²) in [6, 6.07) is 25.5. The third-order valence-corrected chi connectivity index (χ3v) is 5.31. The number of nitrogens with one attached hydrogen (secondary N) is 1. The van der Waals surface area contributed by atoms with Crippen LogP contribution < -0.4 is 14.8 Å². The van der Waals surface area contributed by atoms with E-state index >= 15 is 0 Å². The van der Waals surface area contributed by atoms with E-state index in [2.05, 4.69) is 5.32 Å². The lowest BCUT2D eigenvalue weighted by molar-refractivity contribution is -0.121. The van der Waals surface area contributed by atoms with Crippen LogP contribution >= 0.6 is 0 Å². The summed E-state index contributed by atoms with van der Waals surface area (Å²) in [5.41, 5.74) is 2.97. The van der Waals surface area contributed by atoms with Crippen LogP contribution in [-0.2, 0) is 4.79 Å². The molecule has 0 spiro atoms. The van der Waals surface area contributed by atoms with Crippen LogP contribution in [0.3, 0.4) is 0 Å². The second kappa shape index (κ2) is 9.46. The number of rotatable bonds is 8. The number of fused-ring (bicyclic) bond motifs is 1. The van der Waals surface area contributed by atoms with E-state index in [4.69, 9.17) is 9.47 Å². The molecule has 3 aromatic rings. The number of hydrogen-bond donors (Lipinski definition) is 2. The summed E-state index contributed by atoms with van der Waals surface area (Å²) in [7, 11) is 0. The van der Waals surface area contributed by atoms with Gasteiger partial charge in [-0.15, -0.1) is 0 Å². The minimum atomic E-state index is -0.682. The van der Waals surface area contributed by atoms with Crippen LogP contribution in [-0.4, -0.2) is 24.4 Å². The van der Waals surface area contributed by atoms with Gasteiger partial charge < -0.3 is 19.9 Å². The minimum absolute atomic E-state index is 0.00816. The quantitative estimate of drug-likeness (QED) is 0.592. The molecule has 5 nitrogen and oxygen atoms in total. The largest absolute Gasteiger partial charge is 0.454 e. The fourth-order valence-corrected chi connectivity index (χ4v) is 3.69. The summed E-state index contributed by atoms with van der Waals surface area (Å²) >= 11 is 0. The van der Waals surface area contributed by atoms with Crippen LogP contribution in [0.25, 0.3) is 0 Å². The van der Waals surface area contributed by atoms with Gasteiger partial charge in [0.25, 0.3) is 0 Å². The molecule has 0 saturated carbocycles. The Balaban J connectivity index is 1.34. The molecule has 0 radical (unpaired) electrons. The van der Waals surface area contributed by atoms with E-state index in [1.54, 1.807) is 12.1 Å². The van der Waals surface area contributed by atoms with Crippen molar-refractivity contribution in [3.8, 4) is 11.5 Å². The van der Waals surface area contributed by atoms with Crippen molar-refractivity contribution in [2.24, 2.45) is 0 Å². The third-order valence-electron chi connectivity index (χ3n) is 5.31. The van der Waals surface area contributed by atoms with Gasteiger partial charge in [0.15, 0.2) is 11.5 Å². The first kappa shape index (κ1) is 20.0. The molecule has 0 saturated heterocycles. The first-order chi connectivity index (χ1) is 14.7. The topological polar surface area (TPSA) is 67.8 Å². The average molecular weight is 403 g/mol. The number of carbonyl (C=O) groups excluding carboxylic acids is 1. The van der Waals surface area contributed by atoms with E-state index in [1.165, 1.54) is 0 Å². The molecule has 0 bridgehead atoms. The molecule has 1 atom stereocenters. The van der Waals surface area contributed by atoms with Gasteiger partial charge >= 0.3 is 0 Å². The van der Waals surface area contributed by atoms with Gasteiger partial charge in [-0.3, -0.25) is 4.79 Å². The van der Waals surface area contributed by atoms with E-state index in [1.807, 2.05) is 66.7 Å². The molecule has 1 amide bonds. The second-order valence-electron chi connectivity index (χ2n) is 7.35. The zero-order valence-corrected chi connectivity index (χ0v) is 16.7. The summed E-state index contributed by atoms with van der Waals surface area (Å²) in [6.45, 7) is 0.597. The first-order valence-electron chi connectivity index (χ1n) is 10.1. The van der Waals surface area contributed by atoms with Crippen molar-refractivity contribution >= 4 is 5.91 Å². The van der Waals surface area contributed by atoms with Crippen molar-refractivity contribution in [1.29, 1.82) is 0 Å². The van der Waals surface area contributed by atoms with E-state index < -0.39 is 6.10 Å². The van der Waals surface area contributed by atoms with Crippen molar-refractivity contribution in [2.75, 3.05) is 13.3 Å². The lowest BCUT2D eigenvalue weighted by Crippen LogP contribution is -2.27. The molecule has 30 heavy (non-hydrogen) atoms. The Bertz CT molecular complexity index is 935. The lowest BCUT2D eigenvalue weighted by Gasteiger charge is -2.18. The summed E-state index contributed by atoms with van der Waals surface area (Å²) in [5, 5.41) is 13.4. The molecule has 4 rings (SSSR count). The van der Waals surface area contributed by atoms with E-state index in [9.17, 15) is 9.90 Å². The molecule has 3 aromatic carbocycles. The predicted molar refractivity (Wildman–Crippen MR) is 114 cm³/mol. The number of hydrogen-bond acceptors (Lipinski definition) is 4. The number of aliphatic hydroxyl groups is 1. The zero-order valence-electron chi connectivity index (χ0n) is 16.7. The molecule has 0 unspecified atom stereocenters. The molecule has 2 N–H and O–H groups in total. The fraction of sp³-hybridized carbons (Fsp3) is 0.240. The van der Waals surface area contributed by atoms with Gasteiger partial charge in [0.05, 0.1) is 6.10 Å². The Morgan fingerprint density at radius 2 is 1.50 bits per heavy atom. The number of amides is 1. The molecule has 1 aliphatic rings. The highest BCUT2D eigenvalue weighted by Gasteiger charge is 2.19. The van der Waals surface area contributed by atoms with Crippen LogP contribution in [0.1, 0.15) is 41.6 Å². The SMILES string of the molecule is O=C(CC(c1ccccc1)c1ccccc1)NCC[C@H](O)c1ccc2c(c1)OCO2. The lowest BCUT2D eigenvalue weighted by atomic mass is 9.88. The van der Waals surface area contributed by atoms with Gasteiger partial charge in [0.1, 0.15) is 0 Å². The van der Waals surface area contributed by atoms with Crippen molar-refractivity contribution in [1.82, 2.24) is 5.32 Å². The van der Waals surface area contributed by atoms with Crippen LogP contribution in [0.5, 0.6) is 11.5 Å². The molecule has 154 valence electrons. The summed E-state index contributed by atoms with van der Waals surface area (Å²) < 4.78 is 10.7. The Hall–Kier alpha value is -3.31. The van der Waals surface area contributed by atoms with Crippen LogP contribution in [0, 0.1) is 0 Å². The highest BCUT2D eigenvalue weighted by Crippen LogP contribution is 2.34. The van der Waals surface area contributed by atoms with Gasteiger partial charge in [-0.2, -0.15) is 0 Å². The smallest absolute Gasteiger partial charge is 0.231 e. The maximum atomic E-state index is 12.6. The maximum Gasteiger partial charge on any atom is 0.231 e. The predicted octanol–water partition coefficient (Wildman–Crippen LogP) is 4.18. The monoisotopic (exact) mass is 403 g/mol. The van der Waals surface area contributed by atoms with Crippen LogP contribution in [0.2, 0.25) is 0 Å². The normalized spacial score (nSPS) is 13.3. The number of carbonyl (C=O) groups is 1. The number of benzene rings is 3. The molecule has 0 aliphatic carbocycles. The molecular formula is C25H25NO4. The zero-order chi connectivity index (χ0) is 20.8. The molecule has 1 heterocycles. The Morgan fingerprint density at radius 1 is 0.867 bits per heavy atom. The molecule has 0 fully saturated rings. The molecular weight excluding hydrogens is 378 g/mol. The Labute approximate surface area is 176 Å². The molecule has 1 aliphatic heterocycles. The van der Waals surface area contributed by atoms with E-state index in [0.717, 1.165) is 16.7 Å². The first-order valence-corrected chi connectivity index (χ1v) is 10.1. The van der Waals surface area contributed by atoms with Gasteiger partial charge in [0, 0.05) is 18.9 Å². The maximum absolute atomic E-state index is 12.6. The van der Waals surface area contributed by atoms with Crippen molar-refractivity contribution in [3.05, 3.63) is 95.6 Å². The third kappa shape index (κ3) is 4.81. The van der Waals surface area contributed by atoms with Gasteiger partial charge in [0.2, 0.25) is 12.7 Å². The Kier molecular flexibility index (Phi) is 6.30. The summed E-state index contributed by atoms with van der Waals surface area (Å²) in [4.78, 5) is 12.6. The average Bonchev–Trinajstić information content (AvgIpc) is 3.26. The van der Waals surface area contributed by atoms with E-state index in [0.29, 0.717) is 30.9 Å². The van der Waals surface area contributed by atoms with Crippen molar-refractivity contribution in [3.63, 3.8) is 0 Å². The van der Waals surface area contributed by atoms with Crippen LogP contribution in [0.15, 0.2) is 78.9 Å². The van der Waals surface area contributed by atoms with Gasteiger partial charge in [-0.1, -0.05) is 66.7 Å². The van der Waals surface area contributed by atoms with Gasteiger partial charge in [-0.25, -0.2) is 0 Å². The van der Waals surface area contributed by atoms with Crippen molar-refractivity contribution < 1.29 is 19.4 Å². The van der Waals surface area contributed by atoms with Gasteiger partial charge in [-0.05, 0) is 35.2 Å².